The van der Waals surface area contributed by atoms with Crippen molar-refractivity contribution in [2.24, 2.45) is 0 Å². The van der Waals surface area contributed by atoms with E-state index in [1.54, 1.807) is 14.2 Å². The molecule has 1 heterocycles. The number of ether oxygens (including phenoxy) is 2. The van der Waals surface area contributed by atoms with E-state index in [-0.39, 0.29) is 0 Å². The van der Waals surface area contributed by atoms with E-state index in [0.717, 1.165) is 30.2 Å². The SMILES string of the molecule is COc1ccc(CCn2cc(C)nc2N)cc1OC. The van der Waals surface area contributed by atoms with Gasteiger partial charge in [-0.15, -0.1) is 0 Å². The van der Waals surface area contributed by atoms with Crippen LogP contribution < -0.4 is 15.2 Å². The number of nitrogens with zero attached hydrogens (tertiary/aromatic N) is 2. The molecule has 1 aromatic carbocycles. The third kappa shape index (κ3) is 2.99. The monoisotopic (exact) mass is 261 g/mol. The van der Waals surface area contributed by atoms with Crippen LogP contribution in [-0.2, 0) is 13.0 Å². The van der Waals surface area contributed by atoms with Crippen molar-refractivity contribution < 1.29 is 9.47 Å². The van der Waals surface area contributed by atoms with E-state index >= 15 is 0 Å². The number of anilines is 1. The zero-order valence-corrected chi connectivity index (χ0v) is 11.5. The van der Waals surface area contributed by atoms with E-state index < -0.39 is 0 Å². The Labute approximate surface area is 113 Å². The topological polar surface area (TPSA) is 62.3 Å². The number of aromatic nitrogens is 2. The number of benzene rings is 1. The number of methoxy groups -OCH3 is 2. The third-order valence-corrected chi connectivity index (χ3v) is 3.02. The second-order valence-electron chi connectivity index (χ2n) is 4.37. The average Bonchev–Trinajstić information content (AvgIpc) is 2.74. The van der Waals surface area contributed by atoms with Gasteiger partial charge >= 0.3 is 0 Å². The minimum Gasteiger partial charge on any atom is -0.493 e. The van der Waals surface area contributed by atoms with E-state index in [4.69, 9.17) is 15.2 Å². The van der Waals surface area contributed by atoms with E-state index in [1.165, 1.54) is 5.56 Å². The van der Waals surface area contributed by atoms with E-state index in [1.807, 2.05) is 35.9 Å². The first-order valence-corrected chi connectivity index (χ1v) is 6.14. The van der Waals surface area contributed by atoms with Crippen LogP contribution in [0.25, 0.3) is 0 Å². The Balaban J connectivity index is 2.09. The maximum atomic E-state index is 5.81. The lowest BCUT2D eigenvalue weighted by Crippen LogP contribution is -2.05. The fourth-order valence-electron chi connectivity index (χ4n) is 2.03. The lowest BCUT2D eigenvalue weighted by molar-refractivity contribution is 0.354. The van der Waals surface area contributed by atoms with Crippen LogP contribution in [0.3, 0.4) is 0 Å². The van der Waals surface area contributed by atoms with Gasteiger partial charge in [0.05, 0.1) is 19.9 Å². The van der Waals surface area contributed by atoms with Crippen LogP contribution >= 0.6 is 0 Å². The molecular weight excluding hydrogens is 242 g/mol. The predicted octanol–water partition coefficient (Wildman–Crippen LogP) is 2.03. The molecule has 5 nitrogen and oxygen atoms in total. The highest BCUT2D eigenvalue weighted by molar-refractivity contribution is 5.42. The normalized spacial score (nSPS) is 10.5. The van der Waals surface area contributed by atoms with Crippen molar-refractivity contribution in [3.8, 4) is 11.5 Å². The zero-order valence-electron chi connectivity index (χ0n) is 11.5. The van der Waals surface area contributed by atoms with Crippen molar-refractivity contribution >= 4 is 5.95 Å². The molecule has 102 valence electrons. The van der Waals surface area contributed by atoms with Crippen LogP contribution in [0.5, 0.6) is 11.5 Å². The van der Waals surface area contributed by atoms with Gasteiger partial charge in [0.2, 0.25) is 0 Å². The molecule has 2 aromatic rings. The smallest absolute Gasteiger partial charge is 0.200 e. The van der Waals surface area contributed by atoms with Crippen LogP contribution in [0.2, 0.25) is 0 Å². The molecular formula is C14H19N3O2. The van der Waals surface area contributed by atoms with Crippen molar-refractivity contribution in [2.75, 3.05) is 20.0 Å². The summed E-state index contributed by atoms with van der Waals surface area (Å²) in [6.07, 6.45) is 2.82. The van der Waals surface area contributed by atoms with Gasteiger partial charge in [-0.1, -0.05) is 6.07 Å². The molecule has 0 radical (unpaired) electrons. The first kappa shape index (κ1) is 13.3. The lowest BCUT2D eigenvalue weighted by Gasteiger charge is -2.10. The number of rotatable bonds is 5. The van der Waals surface area contributed by atoms with Crippen LogP contribution in [0, 0.1) is 6.92 Å². The Kier molecular flexibility index (Phi) is 3.94. The van der Waals surface area contributed by atoms with Crippen molar-refractivity contribution in [1.29, 1.82) is 0 Å². The molecule has 0 atom stereocenters. The summed E-state index contributed by atoms with van der Waals surface area (Å²) in [5.41, 5.74) is 7.92. The molecule has 0 aliphatic carbocycles. The van der Waals surface area contributed by atoms with E-state index in [2.05, 4.69) is 4.98 Å². The van der Waals surface area contributed by atoms with Crippen molar-refractivity contribution in [3.05, 3.63) is 35.7 Å². The van der Waals surface area contributed by atoms with Gasteiger partial charge in [-0.25, -0.2) is 4.98 Å². The fourth-order valence-corrected chi connectivity index (χ4v) is 2.03. The van der Waals surface area contributed by atoms with Gasteiger partial charge in [0.1, 0.15) is 0 Å². The highest BCUT2D eigenvalue weighted by Gasteiger charge is 2.06. The molecule has 2 N–H and O–H groups in total. The molecule has 19 heavy (non-hydrogen) atoms. The minimum absolute atomic E-state index is 0.554. The van der Waals surface area contributed by atoms with Gasteiger partial charge < -0.3 is 19.8 Å². The van der Waals surface area contributed by atoms with Gasteiger partial charge in [0.15, 0.2) is 17.4 Å². The first-order valence-electron chi connectivity index (χ1n) is 6.14. The highest BCUT2D eigenvalue weighted by Crippen LogP contribution is 2.27. The summed E-state index contributed by atoms with van der Waals surface area (Å²) in [5.74, 6) is 2.04. The zero-order chi connectivity index (χ0) is 13.8. The van der Waals surface area contributed by atoms with Gasteiger partial charge in [0.25, 0.3) is 0 Å². The first-order chi connectivity index (χ1) is 9.13. The van der Waals surface area contributed by atoms with Crippen molar-refractivity contribution in [3.63, 3.8) is 0 Å². The molecule has 2 rings (SSSR count). The third-order valence-electron chi connectivity index (χ3n) is 3.02. The summed E-state index contributed by atoms with van der Waals surface area (Å²) in [6, 6.07) is 5.93. The Hall–Kier alpha value is -2.17. The van der Waals surface area contributed by atoms with Crippen LogP contribution in [-0.4, -0.2) is 23.8 Å². The number of hydrogen-bond acceptors (Lipinski definition) is 4. The largest absolute Gasteiger partial charge is 0.493 e. The highest BCUT2D eigenvalue weighted by atomic mass is 16.5. The summed E-state index contributed by atoms with van der Waals surface area (Å²) >= 11 is 0. The van der Waals surface area contributed by atoms with Gasteiger partial charge in [0, 0.05) is 12.7 Å². The molecule has 0 amide bonds. The second kappa shape index (κ2) is 5.65. The van der Waals surface area contributed by atoms with Gasteiger partial charge in [-0.3, -0.25) is 0 Å². The summed E-state index contributed by atoms with van der Waals surface area (Å²) in [6.45, 7) is 2.73. The molecule has 0 aliphatic rings. The Morgan fingerprint density at radius 3 is 2.53 bits per heavy atom. The summed E-state index contributed by atoms with van der Waals surface area (Å²) in [7, 11) is 3.27. The lowest BCUT2D eigenvalue weighted by atomic mass is 10.1. The molecule has 0 saturated carbocycles. The van der Waals surface area contributed by atoms with E-state index in [9.17, 15) is 0 Å². The molecule has 0 unspecified atom stereocenters. The number of aryl methyl sites for hydroxylation is 3. The standard InChI is InChI=1S/C14H19N3O2/c1-10-9-17(14(15)16-10)7-6-11-4-5-12(18-2)13(8-11)19-3/h4-5,8-9H,6-7H2,1-3H3,(H2,15,16). The van der Waals surface area contributed by atoms with Crippen molar-refractivity contribution in [1.82, 2.24) is 9.55 Å². The van der Waals surface area contributed by atoms with E-state index in [0.29, 0.717) is 5.95 Å². The van der Waals surface area contributed by atoms with Crippen molar-refractivity contribution in [2.45, 2.75) is 19.9 Å². The maximum absolute atomic E-state index is 5.81. The Morgan fingerprint density at radius 1 is 1.21 bits per heavy atom. The molecule has 5 heteroatoms. The van der Waals surface area contributed by atoms with Crippen LogP contribution in [0.15, 0.2) is 24.4 Å². The molecule has 0 bridgehead atoms. The summed E-state index contributed by atoms with van der Waals surface area (Å²) in [4.78, 5) is 4.18. The molecule has 0 aliphatic heterocycles. The Morgan fingerprint density at radius 2 is 1.95 bits per heavy atom. The second-order valence-corrected chi connectivity index (χ2v) is 4.37. The molecule has 1 aromatic heterocycles. The number of hydrogen-bond donors (Lipinski definition) is 1. The number of nitrogens with two attached hydrogens (primary N) is 1. The predicted molar refractivity (Wildman–Crippen MR) is 74.6 cm³/mol. The number of imidazole rings is 1. The average molecular weight is 261 g/mol. The maximum Gasteiger partial charge on any atom is 0.200 e. The van der Waals surface area contributed by atoms with Gasteiger partial charge in [-0.2, -0.15) is 0 Å². The van der Waals surface area contributed by atoms with Crippen LogP contribution in [0.1, 0.15) is 11.3 Å². The molecule has 0 saturated heterocycles. The van der Waals surface area contributed by atoms with Gasteiger partial charge in [-0.05, 0) is 31.0 Å². The summed E-state index contributed by atoms with van der Waals surface area (Å²) < 4.78 is 12.5. The fraction of sp³-hybridized carbons (Fsp3) is 0.357. The van der Waals surface area contributed by atoms with Crippen LogP contribution in [0.4, 0.5) is 5.95 Å². The Bertz CT molecular complexity index is 564. The molecule has 0 spiro atoms. The summed E-state index contributed by atoms with van der Waals surface area (Å²) in [5, 5.41) is 0. The number of nitrogen functional groups attached to an aromatic ring is 1. The quantitative estimate of drug-likeness (QED) is 0.894. The minimum atomic E-state index is 0.554. The molecule has 0 fully saturated rings.